The first-order chi connectivity index (χ1) is 23.7. The Kier molecular flexibility index (Phi) is 36.9. The van der Waals surface area contributed by atoms with Crippen molar-refractivity contribution in [1.82, 2.24) is 5.32 Å². The Bertz CT molecular complexity index is 774. The van der Waals surface area contributed by atoms with Gasteiger partial charge >= 0.3 is 17.8 Å². The van der Waals surface area contributed by atoms with Gasteiger partial charge in [-0.25, -0.2) is 5.32 Å². The van der Waals surface area contributed by atoms with Gasteiger partial charge in [-0.2, -0.15) is 0 Å². The maximum Gasteiger partial charge on any atom is 0.320 e. The van der Waals surface area contributed by atoms with Crippen LogP contribution in [0.15, 0.2) is 24.3 Å². The van der Waals surface area contributed by atoms with Gasteiger partial charge in [-0.05, 0) is 77.6 Å². The Morgan fingerprint density at radius 3 is 1.10 bits per heavy atom. The third-order valence-corrected chi connectivity index (χ3v) is 9.46. The fourth-order valence-electron chi connectivity index (χ4n) is 5.95. The Hall–Kier alpha value is -1.18. The smallest absolute Gasteiger partial charge is 0.320 e. The van der Waals surface area contributed by atoms with E-state index >= 15 is 0 Å². The summed E-state index contributed by atoms with van der Waals surface area (Å²) >= 11 is 0. The average Bonchev–Trinajstić information content (AvgIpc) is 3.08. The van der Waals surface area contributed by atoms with Crippen LogP contribution in [0.5, 0.6) is 0 Å². The molecule has 0 radical (unpaired) electrons. The number of aliphatic hydroxyl groups is 1. The highest BCUT2D eigenvalue weighted by atomic mass is 79.9. The molecule has 7 heteroatoms. The summed E-state index contributed by atoms with van der Waals surface area (Å²) in [6.07, 6.45) is 41.5. The molecule has 1 atom stereocenters. The maximum absolute atomic E-state index is 12.9. The number of unbranched alkanes of at least 4 members (excludes halogenated alkanes) is 22. The van der Waals surface area contributed by atoms with Crippen molar-refractivity contribution in [3.05, 3.63) is 24.3 Å². The molecule has 2 N–H and O–H groups in total. The molecular formula is C43H82BrNO5. The molecule has 296 valence electrons. The number of esters is 2. The fourth-order valence-corrected chi connectivity index (χ4v) is 5.95. The van der Waals surface area contributed by atoms with Gasteiger partial charge in [0.1, 0.15) is 5.72 Å². The van der Waals surface area contributed by atoms with E-state index in [-0.39, 0.29) is 36.2 Å². The molecule has 0 saturated heterocycles. The summed E-state index contributed by atoms with van der Waals surface area (Å²) in [5.41, 5.74) is -1.34. The molecule has 0 aromatic rings. The number of halogens is 1. The first-order valence-corrected chi connectivity index (χ1v) is 21.0. The molecule has 0 spiro atoms. The molecule has 0 saturated carbocycles. The molecule has 0 heterocycles. The standard InChI is InChI=1S/C43H81NO5.BrH/c1-6-10-12-14-16-18-20-22-24-26-28-30-32-34-36-38-40(45)48-43(9-4,44-42(5,47)8-3)49-41(46)39-37-35-33-31-29-27-25-23-21-19-17-15-13-11-7-2;/h22-25,44,47H,6-21,26-39H2,1-5H3;1H. The van der Waals surface area contributed by atoms with Gasteiger partial charge < -0.3 is 14.6 Å². The van der Waals surface area contributed by atoms with Crippen LogP contribution in [-0.2, 0) is 19.1 Å². The van der Waals surface area contributed by atoms with Crippen LogP contribution >= 0.6 is 17.0 Å². The quantitative estimate of drug-likeness (QED) is 0.0285. The van der Waals surface area contributed by atoms with E-state index in [4.69, 9.17) is 9.47 Å². The maximum atomic E-state index is 12.9. The van der Waals surface area contributed by atoms with Gasteiger partial charge in [-0.1, -0.05) is 155 Å². The molecule has 6 nitrogen and oxygen atoms in total. The van der Waals surface area contributed by atoms with Crippen molar-refractivity contribution in [2.45, 2.75) is 239 Å². The lowest BCUT2D eigenvalue weighted by Gasteiger charge is -2.38. The number of nitrogens with one attached hydrogen (secondary N) is 1. The van der Waals surface area contributed by atoms with Gasteiger partial charge in [-0.15, -0.1) is 17.0 Å². The zero-order valence-electron chi connectivity index (χ0n) is 33.5. The molecule has 0 aliphatic carbocycles. The molecular weight excluding hydrogens is 690 g/mol. The fraction of sp³-hybridized carbons (Fsp3) is 0.860. The average molecular weight is 773 g/mol. The van der Waals surface area contributed by atoms with Crippen LogP contribution < -0.4 is 5.32 Å². The van der Waals surface area contributed by atoms with E-state index in [0.717, 1.165) is 64.2 Å². The lowest BCUT2D eigenvalue weighted by molar-refractivity contribution is -0.261. The first kappa shape index (κ1) is 50.9. The van der Waals surface area contributed by atoms with Crippen LogP contribution in [0.4, 0.5) is 0 Å². The van der Waals surface area contributed by atoms with Crippen molar-refractivity contribution in [2.24, 2.45) is 0 Å². The zero-order chi connectivity index (χ0) is 36.3. The molecule has 50 heavy (non-hydrogen) atoms. The number of ether oxygens (including phenoxy) is 2. The summed E-state index contributed by atoms with van der Waals surface area (Å²) < 4.78 is 11.5. The summed E-state index contributed by atoms with van der Waals surface area (Å²) in [5, 5.41) is 13.7. The number of rotatable bonds is 36. The highest BCUT2D eigenvalue weighted by molar-refractivity contribution is 8.93. The second-order valence-electron chi connectivity index (χ2n) is 14.5. The van der Waals surface area contributed by atoms with Crippen molar-refractivity contribution in [3.8, 4) is 0 Å². The number of carbonyl (C=O) groups is 2. The first-order valence-electron chi connectivity index (χ1n) is 21.0. The van der Waals surface area contributed by atoms with Crippen LogP contribution in [0.25, 0.3) is 0 Å². The predicted octanol–water partition coefficient (Wildman–Crippen LogP) is 13.5. The third-order valence-electron chi connectivity index (χ3n) is 9.46. The van der Waals surface area contributed by atoms with E-state index in [9.17, 15) is 14.7 Å². The minimum absolute atomic E-state index is 0. The van der Waals surface area contributed by atoms with Crippen LogP contribution in [0.3, 0.4) is 0 Å². The number of allylic oxidation sites excluding steroid dienone is 4. The normalized spacial score (nSPS) is 14.0. The molecule has 0 fully saturated rings. The van der Waals surface area contributed by atoms with Crippen molar-refractivity contribution in [2.75, 3.05) is 0 Å². The second kappa shape index (κ2) is 36.2. The van der Waals surface area contributed by atoms with Gasteiger partial charge in [0.25, 0.3) is 0 Å². The summed E-state index contributed by atoms with van der Waals surface area (Å²) in [6.45, 7) is 9.74. The van der Waals surface area contributed by atoms with Crippen molar-refractivity contribution >= 4 is 28.9 Å². The van der Waals surface area contributed by atoms with Crippen LogP contribution in [0.1, 0.15) is 227 Å². The molecule has 0 aliphatic heterocycles. The van der Waals surface area contributed by atoms with E-state index in [1.165, 1.54) is 103 Å². The summed E-state index contributed by atoms with van der Waals surface area (Å²) in [5.74, 6) is -2.49. The van der Waals surface area contributed by atoms with Gasteiger partial charge in [0.2, 0.25) is 0 Å². The SMILES string of the molecule is Br.CCCCCCCCC=CCCCCCCCC(=O)OC(CC)(NC(C)(O)CC)OC(=O)CCCCCCCC=CCCCCCCCC. The van der Waals surface area contributed by atoms with E-state index < -0.39 is 23.6 Å². The molecule has 0 bridgehead atoms. The minimum Gasteiger partial charge on any atom is -0.408 e. The minimum atomic E-state index is -1.67. The van der Waals surface area contributed by atoms with E-state index in [2.05, 4.69) is 43.5 Å². The molecule has 1 unspecified atom stereocenters. The van der Waals surface area contributed by atoms with Gasteiger partial charge in [0.05, 0.1) is 0 Å². The van der Waals surface area contributed by atoms with Crippen molar-refractivity contribution in [3.63, 3.8) is 0 Å². The number of carbonyl (C=O) groups excluding carboxylic acids is 2. The molecule has 0 aliphatic rings. The van der Waals surface area contributed by atoms with Crippen molar-refractivity contribution < 1.29 is 24.2 Å². The second-order valence-corrected chi connectivity index (χ2v) is 14.5. The van der Waals surface area contributed by atoms with Gasteiger partial charge in [0, 0.05) is 19.3 Å². The van der Waals surface area contributed by atoms with Crippen LogP contribution in [-0.4, -0.2) is 28.7 Å². The molecule has 0 amide bonds. The molecule has 0 aromatic heterocycles. The van der Waals surface area contributed by atoms with E-state index in [1.54, 1.807) is 13.8 Å². The van der Waals surface area contributed by atoms with E-state index in [0.29, 0.717) is 6.42 Å². The topological polar surface area (TPSA) is 84.9 Å². The Labute approximate surface area is 320 Å². The lowest BCUT2D eigenvalue weighted by atomic mass is 10.1. The monoisotopic (exact) mass is 772 g/mol. The number of hydrogen-bond acceptors (Lipinski definition) is 6. The zero-order valence-corrected chi connectivity index (χ0v) is 35.2. The number of hydrogen-bond donors (Lipinski definition) is 2. The predicted molar refractivity (Wildman–Crippen MR) is 218 cm³/mol. The van der Waals surface area contributed by atoms with Crippen molar-refractivity contribution in [1.29, 1.82) is 0 Å². The highest BCUT2D eigenvalue weighted by Gasteiger charge is 2.41. The van der Waals surface area contributed by atoms with E-state index in [1.807, 2.05) is 6.92 Å². The van der Waals surface area contributed by atoms with Crippen LogP contribution in [0, 0.1) is 0 Å². The van der Waals surface area contributed by atoms with Crippen LogP contribution in [0.2, 0.25) is 0 Å². The summed E-state index contributed by atoms with van der Waals surface area (Å²) in [6, 6.07) is 0. The Morgan fingerprint density at radius 2 is 0.800 bits per heavy atom. The largest absolute Gasteiger partial charge is 0.408 e. The third kappa shape index (κ3) is 32.7. The highest BCUT2D eigenvalue weighted by Crippen LogP contribution is 2.23. The summed E-state index contributed by atoms with van der Waals surface area (Å²) in [4.78, 5) is 25.7. The van der Waals surface area contributed by atoms with Gasteiger partial charge in [-0.3, -0.25) is 9.59 Å². The van der Waals surface area contributed by atoms with Gasteiger partial charge in [0.15, 0.2) is 0 Å². The molecule has 0 aromatic carbocycles. The molecule has 0 rings (SSSR count). The lowest BCUT2D eigenvalue weighted by Crippen LogP contribution is -2.60. The Balaban J connectivity index is 0. The summed E-state index contributed by atoms with van der Waals surface area (Å²) in [7, 11) is 0. The Morgan fingerprint density at radius 1 is 0.500 bits per heavy atom.